The van der Waals surface area contributed by atoms with Gasteiger partial charge in [0.1, 0.15) is 6.07 Å². The van der Waals surface area contributed by atoms with Crippen molar-refractivity contribution >= 4 is 43.6 Å². The Hall–Kier alpha value is -13.3. The maximum Gasteiger partial charge on any atom is 0.101 e. The molecule has 0 bridgehead atoms. The molecule has 12 nitrogen and oxygen atoms in total. The molecular formula is C70H30N12. The zero-order valence-electron chi connectivity index (χ0n) is 42.7. The van der Waals surface area contributed by atoms with Crippen molar-refractivity contribution < 1.29 is 0 Å². The maximum atomic E-state index is 11.7. The van der Waals surface area contributed by atoms with Crippen LogP contribution in [0.25, 0.3) is 111 Å². The van der Waals surface area contributed by atoms with Crippen molar-refractivity contribution in [3.05, 3.63) is 238 Å². The molecule has 0 fully saturated rings. The van der Waals surface area contributed by atoms with Gasteiger partial charge in [-0.2, -0.15) is 52.6 Å². The molecule has 12 heteroatoms. The van der Waals surface area contributed by atoms with Crippen LogP contribution in [0.5, 0.6) is 0 Å². The van der Waals surface area contributed by atoms with Crippen molar-refractivity contribution in [1.82, 2.24) is 9.13 Å². The second-order valence-electron chi connectivity index (χ2n) is 19.4. The van der Waals surface area contributed by atoms with Crippen LogP contribution in [0.3, 0.4) is 0 Å². The van der Waals surface area contributed by atoms with Gasteiger partial charge >= 0.3 is 0 Å². The lowest BCUT2D eigenvalue weighted by Gasteiger charge is -2.19. The molecule has 12 rings (SSSR count). The summed E-state index contributed by atoms with van der Waals surface area (Å²) in [5.74, 6) is 0. The van der Waals surface area contributed by atoms with E-state index < -0.39 is 0 Å². The highest BCUT2D eigenvalue weighted by atomic mass is 15.0. The summed E-state index contributed by atoms with van der Waals surface area (Å²) in [6, 6.07) is 76.3. The minimum Gasteiger partial charge on any atom is -0.309 e. The number of nitrogens with zero attached hydrogens (tertiary/aromatic N) is 12. The second-order valence-corrected chi connectivity index (χ2v) is 19.4. The Balaban J connectivity index is 1.22. The van der Waals surface area contributed by atoms with Crippen LogP contribution in [0, 0.1) is 113 Å². The fraction of sp³-hybridized carbons (Fsp3) is 0. The average Bonchev–Trinajstić information content (AvgIpc) is 4.22. The first kappa shape index (κ1) is 49.6. The van der Waals surface area contributed by atoms with Crippen LogP contribution >= 0.6 is 0 Å². The van der Waals surface area contributed by atoms with Crippen molar-refractivity contribution in [3.8, 4) is 128 Å². The molecule has 0 saturated carbocycles. The molecule has 12 aromatic rings. The van der Waals surface area contributed by atoms with E-state index in [1.54, 1.807) is 66.7 Å². The predicted octanol–water partition coefficient (Wildman–Crippen LogP) is 14.9. The quantitative estimate of drug-likeness (QED) is 0.146. The minimum atomic E-state index is 0.226. The van der Waals surface area contributed by atoms with Crippen molar-refractivity contribution in [3.63, 3.8) is 0 Å². The third kappa shape index (κ3) is 8.44. The molecule has 0 aliphatic rings. The van der Waals surface area contributed by atoms with Gasteiger partial charge in [0.25, 0.3) is 0 Å². The summed E-state index contributed by atoms with van der Waals surface area (Å²) in [6.45, 7) is 0. The summed E-state index contributed by atoms with van der Waals surface area (Å²) < 4.78 is 4.03. The molecule has 370 valence electrons. The Bertz CT molecular complexity index is 4910. The average molecular weight is 1040 g/mol. The third-order valence-corrected chi connectivity index (χ3v) is 14.7. The lowest BCUT2D eigenvalue weighted by Crippen LogP contribution is -2.04. The van der Waals surface area contributed by atoms with E-state index in [9.17, 15) is 52.6 Å². The van der Waals surface area contributed by atoms with Crippen LogP contribution in [0.4, 0.5) is 0 Å². The van der Waals surface area contributed by atoms with Gasteiger partial charge in [0.05, 0.1) is 144 Å². The normalized spacial score (nSPS) is 10.6. The van der Waals surface area contributed by atoms with E-state index in [-0.39, 0.29) is 5.56 Å². The summed E-state index contributed by atoms with van der Waals surface area (Å²) in [5, 5.41) is 105. The van der Waals surface area contributed by atoms with E-state index in [4.69, 9.17) is 0 Å². The minimum absolute atomic E-state index is 0.226. The summed E-state index contributed by atoms with van der Waals surface area (Å²) in [7, 11) is 0. The summed E-state index contributed by atoms with van der Waals surface area (Å²) in [6.07, 6.45) is 0. The number of hydrogen-bond acceptors (Lipinski definition) is 10. The van der Waals surface area contributed by atoms with Crippen molar-refractivity contribution in [2.24, 2.45) is 0 Å². The molecule has 0 aliphatic carbocycles. The summed E-state index contributed by atoms with van der Waals surface area (Å²) in [5.41, 5.74) is 13.2. The highest BCUT2D eigenvalue weighted by molar-refractivity contribution is 6.13. The van der Waals surface area contributed by atoms with E-state index in [2.05, 4.69) is 60.7 Å². The van der Waals surface area contributed by atoms with Crippen LogP contribution in [-0.4, -0.2) is 9.13 Å². The maximum absolute atomic E-state index is 11.7. The first-order valence-corrected chi connectivity index (χ1v) is 25.2. The van der Waals surface area contributed by atoms with Crippen LogP contribution < -0.4 is 0 Å². The number of benzene rings is 10. The largest absolute Gasteiger partial charge is 0.309 e. The topological polar surface area (TPSA) is 248 Å². The lowest BCUT2D eigenvalue weighted by molar-refractivity contribution is 1.14. The summed E-state index contributed by atoms with van der Waals surface area (Å²) in [4.78, 5) is 0. The predicted molar refractivity (Wildman–Crippen MR) is 309 cm³/mol. The first-order chi connectivity index (χ1) is 40.1. The van der Waals surface area contributed by atoms with Crippen LogP contribution in [0.15, 0.2) is 182 Å². The van der Waals surface area contributed by atoms with E-state index in [0.29, 0.717) is 139 Å². The van der Waals surface area contributed by atoms with Gasteiger partial charge in [-0.15, -0.1) is 0 Å². The SMILES string of the molecule is N#Cc1cc(C#N)cc(-c2ccc3c4ccc(-c5cc(C#N)cc(C#N)c5)cc4n(-c4cc(-c5cccc(C#N)c5)c(-n5c6cc(-c7cc(C#N)cc(C#N)c7)ccc6c6ccc(-c7cc(C#N)cc(C#N)c7)cc65)cc4C#N)c3c2)c1. The Morgan fingerprint density at radius 1 is 0.220 bits per heavy atom. The Kier molecular flexibility index (Phi) is 12.1. The first-order valence-electron chi connectivity index (χ1n) is 25.2. The number of aromatic nitrogens is 2. The smallest absolute Gasteiger partial charge is 0.101 e. The molecule has 2 heterocycles. The molecule has 0 unspecified atom stereocenters. The molecule has 0 amide bonds. The number of fused-ring (bicyclic) bond motifs is 6. The molecule has 0 atom stereocenters. The highest BCUT2D eigenvalue weighted by Crippen LogP contribution is 2.44. The molecule has 0 N–H and O–H groups in total. The van der Waals surface area contributed by atoms with Crippen LogP contribution in [0.1, 0.15) is 55.6 Å². The van der Waals surface area contributed by atoms with Gasteiger partial charge in [-0.1, -0.05) is 60.7 Å². The fourth-order valence-corrected chi connectivity index (χ4v) is 11.0. The van der Waals surface area contributed by atoms with Crippen molar-refractivity contribution in [2.45, 2.75) is 0 Å². The molecule has 0 spiro atoms. The van der Waals surface area contributed by atoms with E-state index in [1.165, 1.54) is 24.3 Å². The van der Waals surface area contributed by atoms with E-state index in [0.717, 1.165) is 21.5 Å². The summed E-state index contributed by atoms with van der Waals surface area (Å²) >= 11 is 0. The standard InChI is InChI=1S/C70H30N12/c71-31-41-2-1-3-54(16-41)64-30-65(81-66-25-50(55-17-42(32-72)12-43(18-55)33-73)4-8-60(66)61-9-5-51(26-67(61)81)56-19-44(34-74)13-45(20-56)35-75)59(40-80)29-70(64)82-68-27-52(57-21-46(36-76)14-47(22-57)37-77)6-10-62(68)63-11-7-53(28-69(63)82)58-23-48(38-78)15-49(24-58)39-79/h1-30H. The van der Waals surface area contributed by atoms with Gasteiger partial charge in [0.15, 0.2) is 0 Å². The Morgan fingerprint density at radius 2 is 0.512 bits per heavy atom. The molecule has 10 aromatic carbocycles. The Morgan fingerprint density at radius 3 is 0.805 bits per heavy atom. The van der Waals surface area contributed by atoms with Crippen LogP contribution in [0.2, 0.25) is 0 Å². The Labute approximate surface area is 468 Å². The molecule has 0 aliphatic heterocycles. The fourth-order valence-electron chi connectivity index (χ4n) is 11.0. The lowest BCUT2D eigenvalue weighted by atomic mass is 9.97. The molecule has 0 saturated heterocycles. The molecule has 82 heavy (non-hydrogen) atoms. The highest BCUT2D eigenvalue weighted by Gasteiger charge is 2.24. The monoisotopic (exact) mass is 1040 g/mol. The van der Waals surface area contributed by atoms with Gasteiger partial charge in [0.2, 0.25) is 0 Å². The zero-order valence-corrected chi connectivity index (χ0v) is 42.7. The number of nitriles is 10. The molecule has 0 radical (unpaired) electrons. The van der Waals surface area contributed by atoms with Gasteiger partial charge in [-0.25, -0.2) is 0 Å². The molecule has 2 aromatic heterocycles. The second kappa shape index (κ2) is 20.0. The van der Waals surface area contributed by atoms with Gasteiger partial charge in [-0.3, -0.25) is 0 Å². The number of rotatable bonds is 7. The molecular weight excluding hydrogens is 1010 g/mol. The van der Waals surface area contributed by atoms with E-state index in [1.807, 2.05) is 100 Å². The van der Waals surface area contributed by atoms with E-state index >= 15 is 0 Å². The van der Waals surface area contributed by atoms with Gasteiger partial charge in [-0.05, 0) is 171 Å². The van der Waals surface area contributed by atoms with Gasteiger partial charge in [0, 0.05) is 27.1 Å². The zero-order chi connectivity index (χ0) is 56.8. The van der Waals surface area contributed by atoms with Crippen LogP contribution in [-0.2, 0) is 0 Å². The van der Waals surface area contributed by atoms with Gasteiger partial charge < -0.3 is 9.13 Å². The van der Waals surface area contributed by atoms with Crippen molar-refractivity contribution in [1.29, 1.82) is 52.6 Å². The van der Waals surface area contributed by atoms with Crippen molar-refractivity contribution in [2.75, 3.05) is 0 Å². The third-order valence-electron chi connectivity index (χ3n) is 14.7. The number of hydrogen-bond donors (Lipinski definition) is 0.